The van der Waals surface area contributed by atoms with Crippen LogP contribution in [0.25, 0.3) is 0 Å². The average Bonchev–Trinajstić information content (AvgIpc) is 2.24. The molecule has 1 aromatic carbocycles. The zero-order chi connectivity index (χ0) is 12.0. The molecule has 0 unspecified atom stereocenters. The second-order valence-electron chi connectivity index (χ2n) is 3.90. The number of hydrogen-bond acceptors (Lipinski definition) is 2. The zero-order valence-corrected chi connectivity index (χ0v) is 9.82. The molecule has 0 heterocycles. The first-order chi connectivity index (χ1) is 7.67. The van der Waals surface area contributed by atoms with Crippen LogP contribution in [-0.2, 0) is 6.54 Å². The lowest BCUT2D eigenvalue weighted by Crippen LogP contribution is -2.23. The van der Waals surface area contributed by atoms with Gasteiger partial charge in [-0.05, 0) is 13.0 Å². The summed E-state index contributed by atoms with van der Waals surface area (Å²) in [5, 5.41) is 9.74. The molecule has 0 aliphatic heterocycles. The summed E-state index contributed by atoms with van der Waals surface area (Å²) in [4.78, 5) is 2.16. The van der Waals surface area contributed by atoms with Crippen molar-refractivity contribution in [2.75, 3.05) is 13.1 Å². The summed E-state index contributed by atoms with van der Waals surface area (Å²) in [6, 6.07) is 5.66. The Morgan fingerprint density at radius 1 is 1.25 bits per heavy atom. The van der Waals surface area contributed by atoms with Crippen LogP contribution in [-0.4, -0.2) is 23.1 Å². The van der Waals surface area contributed by atoms with Crippen LogP contribution in [0.1, 0.15) is 11.1 Å². The molecule has 0 radical (unpaired) electrons. The number of phenols is 1. The van der Waals surface area contributed by atoms with Gasteiger partial charge in [0.2, 0.25) is 0 Å². The van der Waals surface area contributed by atoms with Crippen molar-refractivity contribution in [2.45, 2.75) is 13.5 Å². The molecule has 0 spiro atoms. The lowest BCUT2D eigenvalue weighted by Gasteiger charge is -2.19. The third-order valence-corrected chi connectivity index (χ3v) is 2.40. The molecular weight excluding hydrogens is 198 g/mol. The van der Waals surface area contributed by atoms with Crippen LogP contribution in [0.15, 0.2) is 43.5 Å². The van der Waals surface area contributed by atoms with Gasteiger partial charge in [0.05, 0.1) is 0 Å². The molecule has 0 bridgehead atoms. The highest BCUT2D eigenvalue weighted by molar-refractivity contribution is 5.35. The van der Waals surface area contributed by atoms with E-state index in [1.165, 1.54) is 0 Å². The van der Waals surface area contributed by atoms with Crippen LogP contribution in [0.2, 0.25) is 0 Å². The number of rotatable bonds is 6. The van der Waals surface area contributed by atoms with Crippen LogP contribution >= 0.6 is 0 Å². The summed E-state index contributed by atoms with van der Waals surface area (Å²) in [6.45, 7) is 11.8. The topological polar surface area (TPSA) is 23.5 Å². The van der Waals surface area contributed by atoms with Crippen molar-refractivity contribution < 1.29 is 5.11 Å². The highest BCUT2D eigenvalue weighted by Gasteiger charge is 2.06. The fourth-order valence-electron chi connectivity index (χ4n) is 1.65. The third-order valence-electron chi connectivity index (χ3n) is 2.40. The van der Waals surface area contributed by atoms with Crippen LogP contribution in [0.5, 0.6) is 5.75 Å². The minimum atomic E-state index is 0.351. The van der Waals surface area contributed by atoms with Crippen LogP contribution < -0.4 is 0 Å². The summed E-state index contributed by atoms with van der Waals surface area (Å²) in [7, 11) is 0. The molecule has 1 N–H and O–H groups in total. The molecule has 0 aliphatic rings. The maximum Gasteiger partial charge on any atom is 0.120 e. The largest absolute Gasteiger partial charge is 0.508 e. The van der Waals surface area contributed by atoms with Gasteiger partial charge >= 0.3 is 0 Å². The summed E-state index contributed by atoms with van der Waals surface area (Å²) >= 11 is 0. The molecule has 0 amide bonds. The molecule has 0 atom stereocenters. The summed E-state index contributed by atoms with van der Waals surface area (Å²) in [5.41, 5.74) is 2.11. The predicted molar refractivity (Wildman–Crippen MR) is 68.5 cm³/mol. The predicted octanol–water partition coefficient (Wildman–Crippen LogP) is 2.87. The molecular formula is C14H19NO. The maximum absolute atomic E-state index is 9.74. The Labute approximate surface area is 97.5 Å². The smallest absolute Gasteiger partial charge is 0.120 e. The number of aryl methyl sites for hydroxylation is 1. The van der Waals surface area contributed by atoms with Crippen molar-refractivity contribution in [2.24, 2.45) is 0 Å². The molecule has 0 fully saturated rings. The molecule has 0 saturated heterocycles. The number of aromatic hydroxyl groups is 1. The van der Waals surface area contributed by atoms with Gasteiger partial charge < -0.3 is 5.11 Å². The Kier molecular flexibility index (Phi) is 4.80. The average molecular weight is 217 g/mol. The molecule has 86 valence electrons. The monoisotopic (exact) mass is 217 g/mol. The molecule has 1 aromatic rings. The standard InChI is InChI=1S/C14H19NO/c1-4-8-15(9-5-2)11-13-10-12(3)6-7-14(13)16/h4-7,10,16H,1-2,8-9,11H2,3H3. The Morgan fingerprint density at radius 2 is 1.88 bits per heavy atom. The number of phenolic OH excluding ortho intramolecular Hbond substituents is 1. The van der Waals surface area contributed by atoms with Gasteiger partial charge in [-0.15, -0.1) is 13.2 Å². The highest BCUT2D eigenvalue weighted by atomic mass is 16.3. The van der Waals surface area contributed by atoms with Crippen molar-refractivity contribution in [3.63, 3.8) is 0 Å². The van der Waals surface area contributed by atoms with Gasteiger partial charge in [0, 0.05) is 25.2 Å². The van der Waals surface area contributed by atoms with E-state index in [2.05, 4.69) is 18.1 Å². The molecule has 0 aliphatic carbocycles. The van der Waals surface area contributed by atoms with Crippen LogP contribution in [0.4, 0.5) is 0 Å². The van der Waals surface area contributed by atoms with Crippen molar-refractivity contribution in [1.29, 1.82) is 0 Å². The Balaban J connectivity index is 2.79. The summed E-state index contributed by atoms with van der Waals surface area (Å²) in [6.07, 6.45) is 3.71. The quantitative estimate of drug-likeness (QED) is 0.741. The van der Waals surface area contributed by atoms with Crippen molar-refractivity contribution in [1.82, 2.24) is 4.90 Å². The van der Waals surface area contributed by atoms with E-state index in [4.69, 9.17) is 0 Å². The first-order valence-electron chi connectivity index (χ1n) is 5.40. The van der Waals surface area contributed by atoms with Crippen molar-refractivity contribution in [3.05, 3.63) is 54.6 Å². The van der Waals surface area contributed by atoms with Crippen LogP contribution in [0.3, 0.4) is 0 Å². The normalized spacial score (nSPS) is 10.4. The van der Waals surface area contributed by atoms with Gasteiger partial charge in [-0.2, -0.15) is 0 Å². The van der Waals surface area contributed by atoms with Gasteiger partial charge in [0.25, 0.3) is 0 Å². The fourth-order valence-corrected chi connectivity index (χ4v) is 1.65. The van der Waals surface area contributed by atoms with E-state index in [0.717, 1.165) is 24.2 Å². The second kappa shape index (κ2) is 6.13. The zero-order valence-electron chi connectivity index (χ0n) is 9.82. The van der Waals surface area contributed by atoms with Gasteiger partial charge in [0.15, 0.2) is 0 Å². The Bertz CT molecular complexity index is 361. The van der Waals surface area contributed by atoms with E-state index >= 15 is 0 Å². The van der Waals surface area contributed by atoms with Crippen LogP contribution in [0, 0.1) is 6.92 Å². The highest BCUT2D eigenvalue weighted by Crippen LogP contribution is 2.19. The van der Waals surface area contributed by atoms with Gasteiger partial charge in [0.1, 0.15) is 5.75 Å². The minimum absolute atomic E-state index is 0.351. The minimum Gasteiger partial charge on any atom is -0.508 e. The third kappa shape index (κ3) is 3.55. The first kappa shape index (κ1) is 12.5. The molecule has 2 heteroatoms. The van der Waals surface area contributed by atoms with E-state index in [9.17, 15) is 5.11 Å². The van der Waals surface area contributed by atoms with Gasteiger partial charge in [-0.1, -0.05) is 29.8 Å². The Hall–Kier alpha value is -1.54. The van der Waals surface area contributed by atoms with E-state index < -0.39 is 0 Å². The van der Waals surface area contributed by atoms with Gasteiger partial charge in [-0.3, -0.25) is 4.90 Å². The number of nitrogens with zero attached hydrogens (tertiary/aromatic N) is 1. The van der Waals surface area contributed by atoms with Gasteiger partial charge in [-0.25, -0.2) is 0 Å². The second-order valence-corrected chi connectivity index (χ2v) is 3.90. The summed E-state index contributed by atoms with van der Waals surface area (Å²) in [5.74, 6) is 0.351. The van der Waals surface area contributed by atoms with E-state index in [1.807, 2.05) is 31.2 Å². The molecule has 0 aromatic heterocycles. The van der Waals surface area contributed by atoms with Crippen molar-refractivity contribution in [3.8, 4) is 5.75 Å². The molecule has 0 saturated carbocycles. The van der Waals surface area contributed by atoms with Crippen molar-refractivity contribution >= 4 is 0 Å². The number of benzene rings is 1. The SMILES string of the molecule is C=CCN(CC=C)Cc1cc(C)ccc1O. The molecule has 1 rings (SSSR count). The maximum atomic E-state index is 9.74. The number of hydrogen-bond donors (Lipinski definition) is 1. The first-order valence-corrected chi connectivity index (χ1v) is 5.40. The lowest BCUT2D eigenvalue weighted by atomic mass is 10.1. The lowest BCUT2D eigenvalue weighted by molar-refractivity contribution is 0.320. The summed E-state index contributed by atoms with van der Waals surface area (Å²) < 4.78 is 0. The fraction of sp³-hybridized carbons (Fsp3) is 0.286. The van der Waals surface area contributed by atoms with E-state index in [1.54, 1.807) is 6.07 Å². The van der Waals surface area contributed by atoms with E-state index in [-0.39, 0.29) is 0 Å². The molecule has 2 nitrogen and oxygen atoms in total. The molecule has 16 heavy (non-hydrogen) atoms. The van der Waals surface area contributed by atoms with E-state index in [0.29, 0.717) is 12.3 Å². The Morgan fingerprint density at radius 3 is 2.44 bits per heavy atom.